The fourth-order valence-corrected chi connectivity index (χ4v) is 3.94. The van der Waals surface area contributed by atoms with E-state index in [2.05, 4.69) is 5.32 Å². The van der Waals surface area contributed by atoms with Gasteiger partial charge in [0, 0.05) is 23.1 Å². The number of carbonyl (C=O) groups is 2. The van der Waals surface area contributed by atoms with Crippen LogP contribution in [0.5, 0.6) is 5.75 Å². The molecule has 0 aliphatic rings. The van der Waals surface area contributed by atoms with Gasteiger partial charge < -0.3 is 10.4 Å². The fourth-order valence-electron chi connectivity index (χ4n) is 3.94. The minimum absolute atomic E-state index is 0.0980. The van der Waals surface area contributed by atoms with Crippen molar-refractivity contribution >= 4 is 17.4 Å². The number of aromatic hydroxyl groups is 1. The van der Waals surface area contributed by atoms with Gasteiger partial charge in [0.25, 0.3) is 11.5 Å². The third kappa shape index (κ3) is 4.84. The monoisotopic (exact) mass is 480 g/mol. The minimum atomic E-state index is -0.621. The quantitative estimate of drug-likeness (QED) is 0.366. The van der Waals surface area contributed by atoms with Gasteiger partial charge in [0.15, 0.2) is 5.78 Å². The van der Waals surface area contributed by atoms with Crippen molar-refractivity contribution in [1.82, 2.24) is 4.57 Å². The zero-order chi connectivity index (χ0) is 26.1. The SMILES string of the molecule is Cc1ccc(O)c(C(=O)c2cc(C(=O)Nc3ccc(C)c(C)c3)c(=O)n(-c3ccc(C)c(C)c3)c2)c1. The molecule has 6 nitrogen and oxygen atoms in total. The Kier molecular flexibility index (Phi) is 6.62. The van der Waals surface area contributed by atoms with Crippen molar-refractivity contribution in [2.24, 2.45) is 0 Å². The molecule has 0 radical (unpaired) electrons. The van der Waals surface area contributed by atoms with E-state index in [4.69, 9.17) is 0 Å². The highest BCUT2D eigenvalue weighted by Gasteiger charge is 2.21. The molecular weight excluding hydrogens is 452 g/mol. The van der Waals surface area contributed by atoms with Gasteiger partial charge in [-0.2, -0.15) is 0 Å². The lowest BCUT2D eigenvalue weighted by atomic mass is 10.00. The number of hydrogen-bond acceptors (Lipinski definition) is 4. The van der Waals surface area contributed by atoms with E-state index in [9.17, 15) is 19.5 Å². The Bertz CT molecular complexity index is 1580. The van der Waals surface area contributed by atoms with Crippen LogP contribution in [0, 0.1) is 34.6 Å². The molecule has 4 rings (SSSR count). The molecule has 2 N–H and O–H groups in total. The van der Waals surface area contributed by atoms with Crippen LogP contribution in [0.4, 0.5) is 5.69 Å². The molecule has 0 spiro atoms. The molecule has 0 saturated heterocycles. The van der Waals surface area contributed by atoms with Crippen molar-refractivity contribution in [3.8, 4) is 11.4 Å². The number of aromatic nitrogens is 1. The molecule has 1 aromatic heterocycles. The highest BCUT2D eigenvalue weighted by atomic mass is 16.3. The zero-order valence-electron chi connectivity index (χ0n) is 21.0. The summed E-state index contributed by atoms with van der Waals surface area (Å²) >= 11 is 0. The Morgan fingerprint density at radius 3 is 2.08 bits per heavy atom. The Balaban J connectivity index is 1.88. The molecule has 36 heavy (non-hydrogen) atoms. The first-order valence-corrected chi connectivity index (χ1v) is 11.6. The number of nitrogens with zero attached hydrogens (tertiary/aromatic N) is 1. The maximum absolute atomic E-state index is 13.5. The molecule has 6 heteroatoms. The first-order chi connectivity index (χ1) is 17.0. The van der Waals surface area contributed by atoms with E-state index in [0.29, 0.717) is 11.4 Å². The topological polar surface area (TPSA) is 88.4 Å². The van der Waals surface area contributed by atoms with Crippen molar-refractivity contribution in [3.63, 3.8) is 0 Å². The Hall–Kier alpha value is -4.45. The number of pyridine rings is 1. The molecule has 0 saturated carbocycles. The first-order valence-electron chi connectivity index (χ1n) is 11.6. The average Bonchev–Trinajstić information content (AvgIpc) is 2.84. The predicted molar refractivity (Wildman–Crippen MR) is 142 cm³/mol. The van der Waals surface area contributed by atoms with Crippen LogP contribution in [0.1, 0.15) is 54.1 Å². The Labute approximate surface area is 209 Å². The van der Waals surface area contributed by atoms with E-state index >= 15 is 0 Å². The van der Waals surface area contributed by atoms with Crippen molar-refractivity contribution in [3.05, 3.63) is 122 Å². The van der Waals surface area contributed by atoms with Gasteiger partial charge in [-0.15, -0.1) is 0 Å². The standard InChI is InChI=1S/C30H28N2O4/c1-17-6-11-27(33)25(12-17)28(34)22-15-26(29(35)31-23-9-7-18(2)20(4)13-23)30(36)32(16-22)24-10-8-19(3)21(5)14-24/h6-16,33H,1-5H3,(H,31,35). The third-order valence-electron chi connectivity index (χ3n) is 6.45. The highest BCUT2D eigenvalue weighted by molar-refractivity contribution is 6.12. The molecule has 0 bridgehead atoms. The maximum atomic E-state index is 13.5. The second-order valence-electron chi connectivity index (χ2n) is 9.19. The molecule has 0 unspecified atom stereocenters. The number of aryl methyl sites for hydroxylation is 5. The number of amides is 1. The number of hydrogen-bond donors (Lipinski definition) is 2. The smallest absolute Gasteiger partial charge is 0.267 e. The lowest BCUT2D eigenvalue weighted by Gasteiger charge is -2.14. The van der Waals surface area contributed by atoms with E-state index in [1.165, 1.54) is 22.9 Å². The van der Waals surface area contributed by atoms with Crippen molar-refractivity contribution in [1.29, 1.82) is 0 Å². The minimum Gasteiger partial charge on any atom is -0.507 e. The number of phenols is 1. The Morgan fingerprint density at radius 2 is 1.42 bits per heavy atom. The van der Waals surface area contributed by atoms with Crippen molar-refractivity contribution < 1.29 is 14.7 Å². The van der Waals surface area contributed by atoms with Crippen molar-refractivity contribution in [2.75, 3.05) is 5.32 Å². The third-order valence-corrected chi connectivity index (χ3v) is 6.45. The molecular formula is C30H28N2O4. The molecule has 0 fully saturated rings. The van der Waals surface area contributed by atoms with E-state index in [1.807, 2.05) is 58.9 Å². The van der Waals surface area contributed by atoms with Crippen molar-refractivity contribution in [2.45, 2.75) is 34.6 Å². The summed E-state index contributed by atoms with van der Waals surface area (Å²) in [5.41, 5.74) is 5.46. The van der Waals surface area contributed by atoms with E-state index < -0.39 is 17.2 Å². The molecule has 182 valence electrons. The highest BCUT2D eigenvalue weighted by Crippen LogP contribution is 2.23. The largest absolute Gasteiger partial charge is 0.507 e. The summed E-state index contributed by atoms with van der Waals surface area (Å²) in [6.07, 6.45) is 1.42. The summed E-state index contributed by atoms with van der Waals surface area (Å²) < 4.78 is 1.31. The van der Waals surface area contributed by atoms with E-state index in [1.54, 1.807) is 24.3 Å². The van der Waals surface area contributed by atoms with Gasteiger partial charge in [0.05, 0.1) is 5.56 Å². The maximum Gasteiger partial charge on any atom is 0.267 e. The van der Waals surface area contributed by atoms with Crippen LogP contribution in [0.2, 0.25) is 0 Å². The first kappa shape index (κ1) is 24.7. The van der Waals surface area contributed by atoms with Crippen LogP contribution < -0.4 is 10.9 Å². The number of ketones is 1. The van der Waals surface area contributed by atoms with Gasteiger partial charge in [-0.25, -0.2) is 0 Å². The molecule has 1 amide bonds. The van der Waals surface area contributed by atoms with Crippen LogP contribution in [-0.2, 0) is 0 Å². The van der Waals surface area contributed by atoms with Gasteiger partial charge in [0.2, 0.25) is 0 Å². The molecule has 0 aliphatic carbocycles. The average molecular weight is 481 g/mol. The number of phenolic OH excluding ortho intramolecular Hbond substituents is 1. The number of nitrogens with one attached hydrogen (secondary N) is 1. The summed E-state index contributed by atoms with van der Waals surface area (Å²) in [6, 6.07) is 17.0. The lowest BCUT2D eigenvalue weighted by molar-refractivity contribution is 0.102. The van der Waals surface area contributed by atoms with E-state index in [0.717, 1.165) is 27.8 Å². The molecule has 3 aromatic carbocycles. The Morgan fingerprint density at radius 1 is 0.750 bits per heavy atom. The molecule has 0 atom stereocenters. The summed E-state index contributed by atoms with van der Waals surface area (Å²) in [4.78, 5) is 40.2. The number of benzene rings is 3. The second-order valence-corrected chi connectivity index (χ2v) is 9.19. The summed E-state index contributed by atoms with van der Waals surface area (Å²) in [5, 5.41) is 13.1. The zero-order valence-corrected chi connectivity index (χ0v) is 21.0. The van der Waals surface area contributed by atoms with Gasteiger partial charge in [-0.1, -0.05) is 23.8 Å². The molecule has 1 heterocycles. The fraction of sp³-hybridized carbons (Fsp3) is 0.167. The summed E-state index contributed by atoms with van der Waals surface area (Å²) in [6.45, 7) is 9.61. The normalized spacial score (nSPS) is 10.8. The van der Waals surface area contributed by atoms with E-state index in [-0.39, 0.29) is 22.4 Å². The summed E-state index contributed by atoms with van der Waals surface area (Å²) in [7, 11) is 0. The van der Waals surface area contributed by atoms with Gasteiger partial charge >= 0.3 is 0 Å². The van der Waals surface area contributed by atoms with Crippen LogP contribution in [0.3, 0.4) is 0 Å². The van der Waals surface area contributed by atoms with Crippen LogP contribution >= 0.6 is 0 Å². The lowest BCUT2D eigenvalue weighted by Crippen LogP contribution is -2.29. The molecule has 4 aromatic rings. The van der Waals surface area contributed by atoms with Gasteiger partial charge in [-0.3, -0.25) is 19.0 Å². The number of rotatable bonds is 5. The van der Waals surface area contributed by atoms with Crippen LogP contribution in [-0.4, -0.2) is 21.4 Å². The van der Waals surface area contributed by atoms with Gasteiger partial charge in [-0.05, 0) is 99.3 Å². The predicted octanol–water partition coefficient (Wildman–Crippen LogP) is 5.57. The molecule has 0 aliphatic heterocycles. The summed E-state index contributed by atoms with van der Waals surface area (Å²) in [5.74, 6) is -1.28. The number of carbonyl (C=O) groups excluding carboxylic acids is 2. The van der Waals surface area contributed by atoms with Crippen LogP contribution in [0.25, 0.3) is 5.69 Å². The number of anilines is 1. The van der Waals surface area contributed by atoms with Crippen LogP contribution in [0.15, 0.2) is 71.7 Å². The van der Waals surface area contributed by atoms with Gasteiger partial charge in [0.1, 0.15) is 11.3 Å². The second kappa shape index (κ2) is 9.66.